The Hall–Kier alpha value is -1.21. The average molecular weight is 815 g/mol. The van der Waals surface area contributed by atoms with E-state index in [0.29, 0.717) is 6.42 Å². The maximum absolute atomic E-state index is 12.4. The van der Waals surface area contributed by atoms with Crippen molar-refractivity contribution in [3.63, 3.8) is 0 Å². The molecule has 0 fully saturated rings. The number of carbonyl (C=O) groups is 2. The van der Waals surface area contributed by atoms with Crippen molar-refractivity contribution in [1.29, 1.82) is 0 Å². The molecule has 0 aliphatic heterocycles. The fraction of sp³-hybridized carbons (Fsp3) is 0.915. The summed E-state index contributed by atoms with van der Waals surface area (Å²) in [5, 5.41) is 0. The summed E-state index contributed by atoms with van der Waals surface area (Å²) in [5.74, 6) is -0.870. The Labute approximate surface area is 346 Å². The lowest BCUT2D eigenvalue weighted by molar-refractivity contribution is -0.161. The minimum Gasteiger partial charge on any atom is -0.462 e. The van der Waals surface area contributed by atoms with Crippen molar-refractivity contribution < 1.29 is 37.9 Å². The highest BCUT2D eigenvalue weighted by molar-refractivity contribution is 7.46. The van der Waals surface area contributed by atoms with Gasteiger partial charge in [-0.2, -0.15) is 0 Å². The molecule has 0 radical (unpaired) electrons. The van der Waals surface area contributed by atoms with Crippen molar-refractivity contribution in [2.75, 3.05) is 13.2 Å². The van der Waals surface area contributed by atoms with Gasteiger partial charge in [0.15, 0.2) is 6.10 Å². The topological polar surface area (TPSA) is 119 Å². The fourth-order valence-electron chi connectivity index (χ4n) is 7.19. The van der Waals surface area contributed by atoms with Crippen LogP contribution < -0.4 is 0 Å². The third-order valence-corrected chi connectivity index (χ3v) is 11.3. The first-order chi connectivity index (χ1) is 27.3. The van der Waals surface area contributed by atoms with Crippen LogP contribution in [0.1, 0.15) is 258 Å². The molecule has 0 rings (SSSR count). The van der Waals surface area contributed by atoms with E-state index in [1.165, 1.54) is 186 Å². The van der Waals surface area contributed by atoms with Crippen LogP contribution in [0.5, 0.6) is 0 Å². The van der Waals surface area contributed by atoms with Gasteiger partial charge in [-0.05, 0) is 38.5 Å². The predicted molar refractivity (Wildman–Crippen MR) is 235 cm³/mol. The van der Waals surface area contributed by atoms with Gasteiger partial charge in [0.05, 0.1) is 6.61 Å². The molecule has 0 bridgehead atoms. The van der Waals surface area contributed by atoms with Gasteiger partial charge < -0.3 is 19.3 Å². The molecule has 0 spiro atoms. The number of phosphoric acid groups is 1. The van der Waals surface area contributed by atoms with Crippen LogP contribution in [0, 0.1) is 0 Å². The summed E-state index contributed by atoms with van der Waals surface area (Å²) in [7, 11) is -4.75. The van der Waals surface area contributed by atoms with E-state index in [9.17, 15) is 14.2 Å². The Bertz CT molecular complexity index is 920. The molecule has 56 heavy (non-hydrogen) atoms. The highest BCUT2D eigenvalue weighted by Gasteiger charge is 2.23. The molecule has 0 heterocycles. The van der Waals surface area contributed by atoms with E-state index in [1.807, 2.05) is 0 Å². The van der Waals surface area contributed by atoms with Crippen molar-refractivity contribution >= 4 is 19.8 Å². The fourth-order valence-corrected chi connectivity index (χ4v) is 7.55. The summed E-state index contributed by atoms with van der Waals surface area (Å²) in [6.45, 7) is 3.73. The van der Waals surface area contributed by atoms with Crippen LogP contribution in [-0.2, 0) is 28.2 Å². The number of rotatable bonds is 45. The molecule has 1 atom stereocenters. The Balaban J connectivity index is 3.81. The van der Waals surface area contributed by atoms with E-state index in [-0.39, 0.29) is 19.4 Å². The molecule has 1 unspecified atom stereocenters. The third-order valence-electron chi connectivity index (χ3n) is 10.8. The number of carbonyl (C=O) groups excluding carboxylic acids is 2. The molecule has 2 N–H and O–H groups in total. The lowest BCUT2D eigenvalue weighted by Crippen LogP contribution is -2.29. The average Bonchev–Trinajstić information content (AvgIpc) is 3.17. The monoisotopic (exact) mass is 815 g/mol. The normalized spacial score (nSPS) is 12.4. The van der Waals surface area contributed by atoms with E-state index in [2.05, 4.69) is 30.5 Å². The summed E-state index contributed by atoms with van der Waals surface area (Å²) >= 11 is 0. The molecule has 332 valence electrons. The second kappa shape index (κ2) is 43.4. The zero-order valence-electron chi connectivity index (χ0n) is 36.8. The van der Waals surface area contributed by atoms with Gasteiger partial charge in [0.1, 0.15) is 6.61 Å². The molecule has 0 saturated carbocycles. The number of hydrogen-bond acceptors (Lipinski definition) is 6. The number of esters is 2. The number of hydrogen-bond donors (Lipinski definition) is 2. The Kier molecular flexibility index (Phi) is 42.4. The molecule has 0 aromatic rings. The van der Waals surface area contributed by atoms with Crippen LogP contribution >= 0.6 is 7.82 Å². The summed E-state index contributed by atoms with van der Waals surface area (Å²) in [4.78, 5) is 43.0. The van der Waals surface area contributed by atoms with Crippen LogP contribution in [0.3, 0.4) is 0 Å². The van der Waals surface area contributed by atoms with Gasteiger partial charge in [0.2, 0.25) is 0 Å². The smallest absolute Gasteiger partial charge is 0.462 e. The molecule has 0 amide bonds. The van der Waals surface area contributed by atoms with E-state index in [1.54, 1.807) is 0 Å². The quantitative estimate of drug-likeness (QED) is 0.0270. The van der Waals surface area contributed by atoms with E-state index in [4.69, 9.17) is 19.3 Å². The second-order valence-corrected chi connectivity index (χ2v) is 17.7. The molecular weight excluding hydrogens is 723 g/mol. The Morgan fingerprint density at radius 3 is 1.09 bits per heavy atom. The zero-order chi connectivity index (χ0) is 41.1. The number of allylic oxidation sites excluding steroid dienone is 2. The van der Waals surface area contributed by atoms with E-state index in [0.717, 1.165) is 38.5 Å². The van der Waals surface area contributed by atoms with Crippen molar-refractivity contribution in [1.82, 2.24) is 0 Å². The maximum Gasteiger partial charge on any atom is 0.469 e. The van der Waals surface area contributed by atoms with Crippen LogP contribution in [0.4, 0.5) is 0 Å². The lowest BCUT2D eigenvalue weighted by Gasteiger charge is -2.18. The van der Waals surface area contributed by atoms with Gasteiger partial charge >= 0.3 is 19.8 Å². The van der Waals surface area contributed by atoms with Gasteiger partial charge in [-0.1, -0.05) is 219 Å². The van der Waals surface area contributed by atoms with Crippen molar-refractivity contribution in [2.45, 2.75) is 264 Å². The van der Waals surface area contributed by atoms with Crippen molar-refractivity contribution in [3.8, 4) is 0 Å². The number of unbranched alkanes of at least 4 members (excludes halogenated alkanes) is 33. The zero-order valence-corrected chi connectivity index (χ0v) is 37.7. The number of ether oxygens (including phenoxy) is 2. The Morgan fingerprint density at radius 1 is 0.446 bits per heavy atom. The minimum absolute atomic E-state index is 0.214. The molecule has 0 aliphatic rings. The van der Waals surface area contributed by atoms with Gasteiger partial charge in [-0.15, -0.1) is 0 Å². The summed E-state index contributed by atoms with van der Waals surface area (Å²) < 4.78 is 26.5. The maximum atomic E-state index is 12.4. The molecule has 0 saturated heterocycles. The van der Waals surface area contributed by atoms with Crippen LogP contribution in [0.25, 0.3) is 0 Å². The van der Waals surface area contributed by atoms with Gasteiger partial charge in [0.25, 0.3) is 0 Å². The van der Waals surface area contributed by atoms with Crippen molar-refractivity contribution in [3.05, 3.63) is 12.2 Å². The highest BCUT2D eigenvalue weighted by atomic mass is 31.2. The SMILES string of the molecule is CCCCCCCC/C=C\CCCCCCCCCCCC(=O)OC(COC(=O)CCCCCCCCCCCCCCCCCCCCC)COP(=O)(O)O. The van der Waals surface area contributed by atoms with Gasteiger partial charge in [0, 0.05) is 12.8 Å². The molecule has 0 aromatic heterocycles. The summed E-state index contributed by atoms with van der Waals surface area (Å²) in [5.41, 5.74) is 0. The summed E-state index contributed by atoms with van der Waals surface area (Å²) in [6, 6.07) is 0. The largest absolute Gasteiger partial charge is 0.469 e. The number of phosphoric ester groups is 1. The van der Waals surface area contributed by atoms with Gasteiger partial charge in [-0.25, -0.2) is 4.57 Å². The minimum atomic E-state index is -4.75. The Morgan fingerprint density at radius 2 is 0.750 bits per heavy atom. The van der Waals surface area contributed by atoms with E-state index < -0.39 is 32.5 Å². The second-order valence-electron chi connectivity index (χ2n) is 16.4. The van der Waals surface area contributed by atoms with Gasteiger partial charge in [-0.3, -0.25) is 14.1 Å². The standard InChI is InChI=1S/C47H91O8P/c1-3-5-7-9-11-13-15-17-19-21-23-25-27-29-31-33-35-37-39-41-46(48)53-43-45(44-54-56(50,51)52)55-47(49)42-40-38-36-34-32-30-28-26-24-22-20-18-16-14-12-10-8-6-4-2/h18,20,45H,3-17,19,21-44H2,1-2H3,(H2,50,51,52)/b20-18-. The first kappa shape index (κ1) is 54.8. The first-order valence-corrected chi connectivity index (χ1v) is 25.5. The molecule has 9 heteroatoms. The lowest BCUT2D eigenvalue weighted by atomic mass is 10.0. The molecule has 0 aliphatic carbocycles. The summed E-state index contributed by atoms with van der Waals surface area (Å²) in [6.07, 6.45) is 49.4. The first-order valence-electron chi connectivity index (χ1n) is 24.0. The third kappa shape index (κ3) is 45.5. The molecule has 8 nitrogen and oxygen atoms in total. The van der Waals surface area contributed by atoms with Crippen molar-refractivity contribution in [2.24, 2.45) is 0 Å². The molecule has 0 aromatic carbocycles. The van der Waals surface area contributed by atoms with Crippen LogP contribution in [0.15, 0.2) is 12.2 Å². The highest BCUT2D eigenvalue weighted by Crippen LogP contribution is 2.36. The van der Waals surface area contributed by atoms with E-state index >= 15 is 0 Å². The molecular formula is C47H91O8P. The van der Waals surface area contributed by atoms with Crippen LogP contribution in [0.2, 0.25) is 0 Å². The predicted octanol–water partition coefficient (Wildman–Crippen LogP) is 15.0. The van der Waals surface area contributed by atoms with Crippen LogP contribution in [-0.4, -0.2) is 41.0 Å².